The molecule has 0 aliphatic rings. The number of aldehydes is 1. The fourth-order valence-corrected chi connectivity index (χ4v) is 2.44. The molecule has 0 aliphatic carbocycles. The smallest absolute Gasteiger partial charge is 0.339 e. The van der Waals surface area contributed by atoms with Gasteiger partial charge in [0, 0.05) is 0 Å². The van der Waals surface area contributed by atoms with Crippen LogP contribution in [0.4, 0.5) is 0 Å². The van der Waals surface area contributed by atoms with E-state index in [-0.39, 0.29) is 17.9 Å². The Morgan fingerprint density at radius 1 is 0.958 bits per heavy atom. The molecule has 0 bridgehead atoms. The lowest BCUT2D eigenvalue weighted by atomic mass is 10.00. The topological polar surface area (TPSA) is 72.8 Å². The number of carboxylic acid groups (broad SMARTS) is 1. The average molecular weight is 322 g/mol. The Hall–Kier alpha value is -3.18. The van der Waals surface area contributed by atoms with Crippen molar-refractivity contribution in [3.8, 4) is 16.9 Å². The van der Waals surface area contributed by atoms with Gasteiger partial charge in [-0.25, -0.2) is 4.79 Å². The van der Waals surface area contributed by atoms with Gasteiger partial charge in [-0.1, -0.05) is 42.5 Å². The van der Waals surface area contributed by atoms with Crippen molar-refractivity contribution < 1.29 is 24.5 Å². The number of carbonyl (C=O) groups excluding carboxylic acids is 1. The molecule has 0 spiro atoms. The van der Waals surface area contributed by atoms with Gasteiger partial charge in [0.25, 0.3) is 0 Å². The van der Waals surface area contributed by atoms with Crippen molar-refractivity contribution in [2.75, 3.05) is 6.61 Å². The van der Waals surface area contributed by atoms with Crippen LogP contribution in [0.3, 0.4) is 0 Å². The van der Waals surface area contributed by atoms with Crippen molar-refractivity contribution in [2.24, 2.45) is 0 Å². The van der Waals surface area contributed by atoms with Crippen molar-refractivity contribution >= 4 is 23.0 Å². The zero-order valence-electron chi connectivity index (χ0n) is 12.6. The molecule has 0 aliphatic heterocycles. The summed E-state index contributed by atoms with van der Waals surface area (Å²) < 4.78 is 0. The maximum Gasteiger partial charge on any atom is 0.339 e. The minimum Gasteiger partial charge on any atom is -0.478 e. The first kappa shape index (κ1) is 15.7. The summed E-state index contributed by atoms with van der Waals surface area (Å²) in [6.07, 6.45) is 0.521. The Morgan fingerprint density at radius 3 is 2.42 bits per heavy atom. The summed E-state index contributed by atoms with van der Waals surface area (Å²) in [4.78, 5) is 31.2. The highest BCUT2D eigenvalue weighted by Gasteiger charge is 2.14. The predicted molar refractivity (Wildman–Crippen MR) is 89.0 cm³/mol. The highest BCUT2D eigenvalue weighted by molar-refractivity contribution is 5.93. The van der Waals surface area contributed by atoms with Crippen LogP contribution in [0.5, 0.6) is 5.75 Å². The zero-order valence-corrected chi connectivity index (χ0v) is 12.6. The fraction of sp³-hybridized carbons (Fsp3) is 0.0526. The summed E-state index contributed by atoms with van der Waals surface area (Å²) in [5.41, 5.74) is 1.67. The van der Waals surface area contributed by atoms with Gasteiger partial charge in [0.05, 0.1) is 0 Å². The molecule has 0 saturated carbocycles. The second kappa shape index (κ2) is 6.93. The molecular weight excluding hydrogens is 308 g/mol. The second-order valence-electron chi connectivity index (χ2n) is 5.11. The van der Waals surface area contributed by atoms with Crippen LogP contribution in [0.2, 0.25) is 0 Å². The first-order valence-corrected chi connectivity index (χ1v) is 7.28. The van der Waals surface area contributed by atoms with E-state index in [4.69, 9.17) is 4.89 Å². The van der Waals surface area contributed by atoms with E-state index in [1.165, 1.54) is 6.07 Å². The SMILES string of the molecule is O=CCOOc1cc(-c2ccc3ccccc3c2)ccc1C(=O)O. The molecule has 120 valence electrons. The molecule has 0 fully saturated rings. The minimum absolute atomic E-state index is 0.0366. The molecule has 3 rings (SSSR count). The number of hydrogen-bond donors (Lipinski definition) is 1. The van der Waals surface area contributed by atoms with E-state index in [1.807, 2.05) is 42.5 Å². The second-order valence-corrected chi connectivity index (χ2v) is 5.11. The predicted octanol–water partition coefficient (Wildman–Crippen LogP) is 3.71. The van der Waals surface area contributed by atoms with E-state index in [2.05, 4.69) is 4.89 Å². The van der Waals surface area contributed by atoms with E-state index in [0.717, 1.165) is 21.9 Å². The summed E-state index contributed by atoms with van der Waals surface area (Å²) >= 11 is 0. The van der Waals surface area contributed by atoms with Crippen molar-refractivity contribution in [2.45, 2.75) is 0 Å². The Balaban J connectivity index is 2.01. The number of benzene rings is 3. The number of fused-ring (bicyclic) bond motifs is 1. The number of rotatable bonds is 6. The zero-order chi connectivity index (χ0) is 16.9. The number of carboxylic acids is 1. The lowest BCUT2D eigenvalue weighted by Gasteiger charge is -2.10. The van der Waals surface area contributed by atoms with Crippen LogP contribution in [-0.4, -0.2) is 24.0 Å². The van der Waals surface area contributed by atoms with Gasteiger partial charge in [-0.3, -0.25) is 0 Å². The Morgan fingerprint density at radius 2 is 1.67 bits per heavy atom. The van der Waals surface area contributed by atoms with Crippen molar-refractivity contribution in [1.29, 1.82) is 0 Å². The van der Waals surface area contributed by atoms with Gasteiger partial charge in [-0.2, -0.15) is 4.89 Å². The molecular formula is C19H14O5. The third-order valence-electron chi connectivity index (χ3n) is 3.58. The first-order valence-electron chi connectivity index (χ1n) is 7.28. The molecule has 3 aromatic rings. The van der Waals surface area contributed by atoms with Crippen LogP contribution in [0.25, 0.3) is 21.9 Å². The van der Waals surface area contributed by atoms with Crippen LogP contribution in [0.15, 0.2) is 60.7 Å². The quantitative estimate of drug-likeness (QED) is 0.324. The number of carbonyl (C=O) groups is 2. The van der Waals surface area contributed by atoms with E-state index >= 15 is 0 Å². The largest absolute Gasteiger partial charge is 0.478 e. The summed E-state index contributed by atoms with van der Waals surface area (Å²) in [7, 11) is 0. The molecule has 0 unspecified atom stereocenters. The monoisotopic (exact) mass is 322 g/mol. The van der Waals surface area contributed by atoms with Gasteiger partial charge >= 0.3 is 5.97 Å². The number of aromatic carboxylic acids is 1. The van der Waals surface area contributed by atoms with Crippen molar-refractivity contribution in [3.05, 3.63) is 66.2 Å². The molecule has 1 N–H and O–H groups in total. The molecule has 0 aromatic heterocycles. The van der Waals surface area contributed by atoms with Gasteiger partial charge in [0.2, 0.25) is 0 Å². The highest BCUT2D eigenvalue weighted by atomic mass is 17.2. The molecule has 0 atom stereocenters. The minimum atomic E-state index is -1.13. The van der Waals surface area contributed by atoms with Crippen LogP contribution in [0.1, 0.15) is 10.4 Å². The van der Waals surface area contributed by atoms with E-state index in [0.29, 0.717) is 6.29 Å². The van der Waals surface area contributed by atoms with Gasteiger partial charge in [-0.15, -0.1) is 0 Å². The van der Waals surface area contributed by atoms with Gasteiger partial charge in [0.15, 0.2) is 5.75 Å². The highest BCUT2D eigenvalue weighted by Crippen LogP contribution is 2.29. The van der Waals surface area contributed by atoms with E-state index < -0.39 is 5.97 Å². The molecule has 0 saturated heterocycles. The summed E-state index contributed by atoms with van der Waals surface area (Å²) in [6, 6.07) is 18.7. The average Bonchev–Trinajstić information content (AvgIpc) is 2.61. The van der Waals surface area contributed by atoms with Crippen LogP contribution >= 0.6 is 0 Å². The Bertz CT molecular complexity index is 901. The van der Waals surface area contributed by atoms with Crippen molar-refractivity contribution in [3.63, 3.8) is 0 Å². The third kappa shape index (κ3) is 3.26. The molecule has 24 heavy (non-hydrogen) atoms. The fourth-order valence-electron chi connectivity index (χ4n) is 2.44. The number of hydrogen-bond acceptors (Lipinski definition) is 4. The maximum atomic E-state index is 11.3. The van der Waals surface area contributed by atoms with Crippen LogP contribution in [0, 0.1) is 0 Å². The third-order valence-corrected chi connectivity index (χ3v) is 3.58. The van der Waals surface area contributed by atoms with Crippen LogP contribution < -0.4 is 4.89 Å². The van der Waals surface area contributed by atoms with E-state index in [1.54, 1.807) is 12.1 Å². The lowest BCUT2D eigenvalue weighted by Crippen LogP contribution is -2.05. The standard InChI is InChI=1S/C19H14O5/c20-9-10-23-24-18-12-16(7-8-17(18)19(21)22)15-6-5-13-3-1-2-4-14(13)11-15/h1-9,11-12H,10H2,(H,21,22). The molecule has 0 heterocycles. The summed E-state index contributed by atoms with van der Waals surface area (Å²) in [6.45, 7) is -0.279. The molecule has 3 aromatic carbocycles. The van der Waals surface area contributed by atoms with Crippen LogP contribution in [-0.2, 0) is 9.68 Å². The van der Waals surface area contributed by atoms with E-state index in [9.17, 15) is 14.7 Å². The van der Waals surface area contributed by atoms with Gasteiger partial charge < -0.3 is 14.8 Å². The molecule has 0 amide bonds. The maximum absolute atomic E-state index is 11.3. The molecule has 0 radical (unpaired) electrons. The summed E-state index contributed by atoms with van der Waals surface area (Å²) in [5, 5.41) is 11.4. The lowest BCUT2D eigenvalue weighted by molar-refractivity contribution is -0.202. The first-order chi connectivity index (χ1) is 11.7. The Labute approximate surface area is 138 Å². The van der Waals surface area contributed by atoms with Crippen molar-refractivity contribution in [1.82, 2.24) is 0 Å². The normalized spacial score (nSPS) is 10.5. The van der Waals surface area contributed by atoms with Gasteiger partial charge in [0.1, 0.15) is 18.5 Å². The molecule has 5 heteroatoms. The van der Waals surface area contributed by atoms with Gasteiger partial charge in [-0.05, 0) is 40.1 Å². The Kier molecular flexibility index (Phi) is 4.54. The molecule has 5 nitrogen and oxygen atoms in total. The summed E-state index contributed by atoms with van der Waals surface area (Å²) in [5.74, 6) is -1.08.